The Morgan fingerprint density at radius 3 is 2.00 bits per heavy atom. The van der Waals surface area contributed by atoms with Crippen LogP contribution in [0.1, 0.15) is 54.4 Å². The Kier molecular flexibility index (Phi) is 9.53. The van der Waals surface area contributed by atoms with Gasteiger partial charge in [-0.15, -0.1) is 0 Å². The number of quaternary nitrogens is 1. The smallest absolute Gasteiger partial charge is 0.191 e. The topological polar surface area (TPSA) is 17.1 Å². The van der Waals surface area contributed by atoms with Gasteiger partial charge in [0.1, 0.15) is 13.1 Å². The Labute approximate surface area is 196 Å². The number of nitrogens with zero attached hydrogens (tertiary/aromatic N) is 1. The van der Waals surface area contributed by atoms with Gasteiger partial charge in [0.2, 0.25) is 0 Å². The van der Waals surface area contributed by atoms with Crippen LogP contribution in [0.4, 0.5) is 0 Å². The van der Waals surface area contributed by atoms with Crippen molar-refractivity contribution in [3.8, 4) is 0 Å². The molecule has 0 bridgehead atoms. The predicted octanol–water partition coefficient (Wildman–Crippen LogP) is 5.39. The van der Waals surface area contributed by atoms with Crippen LogP contribution in [0, 0.1) is 13.8 Å². The summed E-state index contributed by atoms with van der Waals surface area (Å²) in [5, 5.41) is 0. The molecular formula is C25H34NOY+. The first-order valence-electron chi connectivity index (χ1n) is 10.5. The van der Waals surface area contributed by atoms with Crippen molar-refractivity contribution in [3.05, 3.63) is 70.8 Å². The molecule has 3 heteroatoms. The molecule has 2 aromatic rings. The van der Waals surface area contributed by atoms with Crippen molar-refractivity contribution in [2.45, 2.75) is 58.9 Å². The molecular weight excluding hydrogens is 419 g/mol. The van der Waals surface area contributed by atoms with Crippen molar-refractivity contribution in [2.24, 2.45) is 0 Å². The molecule has 1 aliphatic rings. The number of aryl methyl sites for hydroxylation is 2. The third kappa shape index (κ3) is 6.61. The van der Waals surface area contributed by atoms with Crippen LogP contribution >= 0.6 is 0 Å². The van der Waals surface area contributed by atoms with E-state index in [1.165, 1.54) is 54.4 Å². The van der Waals surface area contributed by atoms with E-state index in [-0.39, 0.29) is 32.7 Å². The van der Waals surface area contributed by atoms with Crippen LogP contribution in [-0.2, 0) is 50.5 Å². The summed E-state index contributed by atoms with van der Waals surface area (Å²) in [6.45, 7) is 8.17. The SMILES string of the molecule is Cc1cccc(C)c1CC(=O)C[N+]1(Cc2ccccc2)CCCCCCC1.[Y]. The second-order valence-corrected chi connectivity index (χ2v) is 8.44. The van der Waals surface area contributed by atoms with Crippen LogP contribution < -0.4 is 0 Å². The molecule has 3 rings (SSSR count). The molecule has 1 aliphatic heterocycles. The van der Waals surface area contributed by atoms with Gasteiger partial charge in [0.25, 0.3) is 0 Å². The number of hydrogen-bond donors (Lipinski definition) is 0. The fraction of sp³-hybridized carbons (Fsp3) is 0.480. The van der Waals surface area contributed by atoms with Crippen molar-refractivity contribution in [3.63, 3.8) is 0 Å². The summed E-state index contributed by atoms with van der Waals surface area (Å²) in [6.07, 6.45) is 7.02. The van der Waals surface area contributed by atoms with Crippen molar-refractivity contribution in [1.82, 2.24) is 0 Å². The maximum absolute atomic E-state index is 13.2. The molecule has 0 atom stereocenters. The first-order chi connectivity index (χ1) is 13.1. The molecule has 28 heavy (non-hydrogen) atoms. The maximum atomic E-state index is 13.2. The number of Topliss-reactive ketones (excluding diaryl/α,β-unsaturated/α-hetero) is 1. The molecule has 0 aromatic heterocycles. The Morgan fingerprint density at radius 1 is 0.821 bits per heavy atom. The fourth-order valence-electron chi connectivity index (χ4n) is 4.63. The predicted molar refractivity (Wildman–Crippen MR) is 113 cm³/mol. The summed E-state index contributed by atoms with van der Waals surface area (Å²) in [7, 11) is 0. The number of carbonyl (C=O) groups is 1. The number of rotatable bonds is 6. The molecule has 2 nitrogen and oxygen atoms in total. The van der Waals surface area contributed by atoms with Crippen LogP contribution in [0.3, 0.4) is 0 Å². The minimum absolute atomic E-state index is 0. The van der Waals surface area contributed by atoms with Gasteiger partial charge in [-0.3, -0.25) is 4.79 Å². The first kappa shape index (κ1) is 23.5. The van der Waals surface area contributed by atoms with E-state index in [0.717, 1.165) is 24.1 Å². The molecule has 0 saturated carbocycles. The van der Waals surface area contributed by atoms with Gasteiger partial charge >= 0.3 is 0 Å². The van der Waals surface area contributed by atoms with Gasteiger partial charge < -0.3 is 4.48 Å². The van der Waals surface area contributed by atoms with E-state index in [9.17, 15) is 4.79 Å². The summed E-state index contributed by atoms with van der Waals surface area (Å²) in [5.41, 5.74) is 5.07. The number of hydrogen-bond acceptors (Lipinski definition) is 1. The zero-order valence-corrected chi connectivity index (χ0v) is 20.5. The Morgan fingerprint density at radius 2 is 1.39 bits per heavy atom. The van der Waals surface area contributed by atoms with Crippen molar-refractivity contribution >= 4 is 5.78 Å². The van der Waals surface area contributed by atoms with E-state index in [4.69, 9.17) is 0 Å². The largest absolute Gasteiger partial charge is 0.314 e. The zero-order valence-electron chi connectivity index (χ0n) is 17.6. The van der Waals surface area contributed by atoms with Gasteiger partial charge in [0, 0.05) is 44.7 Å². The summed E-state index contributed by atoms with van der Waals surface area (Å²) < 4.78 is 0.938. The van der Waals surface area contributed by atoms with Gasteiger partial charge in [0.05, 0.1) is 13.1 Å². The second-order valence-electron chi connectivity index (χ2n) is 8.44. The molecule has 1 heterocycles. The van der Waals surface area contributed by atoms with Gasteiger partial charge in [-0.25, -0.2) is 0 Å². The van der Waals surface area contributed by atoms with Gasteiger partial charge in [-0.05, 0) is 56.2 Å². The van der Waals surface area contributed by atoms with Crippen molar-refractivity contribution in [1.29, 1.82) is 0 Å². The van der Waals surface area contributed by atoms with E-state index in [1.807, 2.05) is 0 Å². The Bertz CT molecular complexity index is 728. The van der Waals surface area contributed by atoms with Crippen LogP contribution in [0.5, 0.6) is 0 Å². The molecule has 147 valence electrons. The third-order valence-corrected chi connectivity index (χ3v) is 6.16. The van der Waals surface area contributed by atoms with Gasteiger partial charge in [0.15, 0.2) is 5.78 Å². The fourth-order valence-corrected chi connectivity index (χ4v) is 4.63. The molecule has 0 spiro atoms. The average Bonchev–Trinajstić information content (AvgIpc) is 2.63. The molecule has 0 N–H and O–H groups in total. The molecule has 1 radical (unpaired) electrons. The van der Waals surface area contributed by atoms with Crippen molar-refractivity contribution in [2.75, 3.05) is 19.6 Å². The zero-order chi connectivity index (χ0) is 19.1. The van der Waals surface area contributed by atoms with E-state index in [2.05, 4.69) is 62.4 Å². The number of carbonyl (C=O) groups excluding carboxylic acids is 1. The van der Waals surface area contributed by atoms with Crippen LogP contribution in [0.15, 0.2) is 48.5 Å². The van der Waals surface area contributed by atoms with Crippen LogP contribution in [-0.4, -0.2) is 29.9 Å². The van der Waals surface area contributed by atoms with Crippen LogP contribution in [0.25, 0.3) is 0 Å². The van der Waals surface area contributed by atoms with E-state index < -0.39 is 0 Å². The van der Waals surface area contributed by atoms with Crippen LogP contribution in [0.2, 0.25) is 0 Å². The molecule has 1 fully saturated rings. The van der Waals surface area contributed by atoms with Gasteiger partial charge in [-0.2, -0.15) is 0 Å². The van der Waals surface area contributed by atoms with E-state index in [0.29, 0.717) is 18.7 Å². The van der Waals surface area contributed by atoms with Crippen molar-refractivity contribution < 1.29 is 42.0 Å². The minimum Gasteiger partial charge on any atom is -0.314 e. The Balaban J connectivity index is 0.00000280. The minimum atomic E-state index is 0. The van der Waals surface area contributed by atoms with E-state index >= 15 is 0 Å². The summed E-state index contributed by atoms with van der Waals surface area (Å²) in [5.74, 6) is 0.393. The quantitative estimate of drug-likeness (QED) is 0.536. The standard InChI is InChI=1S/C25H34NO.Y/c1-21-12-11-13-22(2)25(21)18-24(27)20-26(16-9-4-3-5-10-17-26)19-23-14-7-6-8-15-23;/h6-8,11-15H,3-5,9-10,16-20H2,1-2H3;/q+1;. The monoisotopic (exact) mass is 453 g/mol. The molecule has 1 saturated heterocycles. The number of ketones is 1. The first-order valence-corrected chi connectivity index (χ1v) is 10.5. The molecule has 2 aromatic carbocycles. The van der Waals surface area contributed by atoms with Gasteiger partial charge in [-0.1, -0.05) is 55.0 Å². The summed E-state index contributed by atoms with van der Waals surface area (Å²) in [6, 6.07) is 17.1. The second kappa shape index (κ2) is 11.4. The Hall–Kier alpha value is -0.826. The maximum Gasteiger partial charge on any atom is 0.191 e. The third-order valence-electron chi connectivity index (χ3n) is 6.16. The van der Waals surface area contributed by atoms with E-state index in [1.54, 1.807) is 0 Å². The average molecular weight is 453 g/mol. The summed E-state index contributed by atoms with van der Waals surface area (Å²) >= 11 is 0. The molecule has 0 unspecified atom stereocenters. The molecule has 0 amide bonds. The number of benzene rings is 2. The molecule has 0 aliphatic carbocycles. The normalized spacial score (nSPS) is 16.5. The number of likely N-dealkylation sites (tertiary alicyclic amines) is 1. The summed E-state index contributed by atoms with van der Waals surface area (Å²) in [4.78, 5) is 13.2.